The van der Waals surface area contributed by atoms with Crippen LogP contribution in [0, 0.1) is 10.1 Å². The van der Waals surface area contributed by atoms with Gasteiger partial charge in [-0.2, -0.15) is 0 Å². The van der Waals surface area contributed by atoms with Crippen LogP contribution in [0.1, 0.15) is 18.4 Å². The summed E-state index contributed by atoms with van der Waals surface area (Å²) in [7, 11) is 0. The largest absolute Gasteiger partial charge is 0.507 e. The van der Waals surface area contributed by atoms with Gasteiger partial charge < -0.3 is 10.2 Å². The Kier molecular flexibility index (Phi) is 4.16. The van der Waals surface area contributed by atoms with Crippen molar-refractivity contribution >= 4 is 5.69 Å². The van der Waals surface area contributed by atoms with E-state index in [1.807, 2.05) is 0 Å². The van der Waals surface area contributed by atoms with E-state index in [0.717, 1.165) is 25.9 Å². The first-order chi connectivity index (χ1) is 11.1. The molecule has 2 aromatic carbocycles. The van der Waals surface area contributed by atoms with E-state index in [1.165, 1.54) is 18.2 Å². The molecule has 0 aliphatic carbocycles. The zero-order chi connectivity index (χ0) is 16.4. The zero-order valence-electron chi connectivity index (χ0n) is 12.6. The van der Waals surface area contributed by atoms with Gasteiger partial charge in [-0.3, -0.25) is 15.0 Å². The van der Waals surface area contributed by atoms with Gasteiger partial charge in [-0.25, -0.2) is 0 Å². The molecule has 0 saturated carbocycles. The molecule has 6 heteroatoms. The number of aromatic hydroxyl groups is 2. The summed E-state index contributed by atoms with van der Waals surface area (Å²) in [4.78, 5) is 12.7. The number of hydrogen-bond acceptors (Lipinski definition) is 5. The number of phenols is 2. The number of rotatable bonds is 4. The van der Waals surface area contributed by atoms with Crippen LogP contribution in [0.15, 0.2) is 36.4 Å². The molecule has 1 heterocycles. The zero-order valence-corrected chi connectivity index (χ0v) is 12.6. The molecule has 0 aromatic heterocycles. The maximum Gasteiger partial charge on any atom is 0.270 e. The lowest BCUT2D eigenvalue weighted by Crippen LogP contribution is -2.18. The molecule has 1 aliphatic rings. The van der Waals surface area contributed by atoms with E-state index in [-0.39, 0.29) is 22.7 Å². The van der Waals surface area contributed by atoms with Crippen molar-refractivity contribution in [2.75, 3.05) is 13.1 Å². The molecule has 0 unspecified atom stereocenters. The summed E-state index contributed by atoms with van der Waals surface area (Å²) >= 11 is 0. The van der Waals surface area contributed by atoms with Crippen LogP contribution in [0.25, 0.3) is 11.1 Å². The van der Waals surface area contributed by atoms with Crippen molar-refractivity contribution < 1.29 is 15.1 Å². The normalized spacial score (nSPS) is 15.0. The number of nitro groups is 1. The second-order valence-electron chi connectivity index (χ2n) is 5.76. The summed E-state index contributed by atoms with van der Waals surface area (Å²) in [5.41, 5.74) is 1.31. The lowest BCUT2D eigenvalue weighted by Gasteiger charge is -2.17. The average molecular weight is 314 g/mol. The Labute approximate surface area is 133 Å². The number of hydrogen-bond donors (Lipinski definition) is 2. The van der Waals surface area contributed by atoms with E-state index >= 15 is 0 Å². The minimum Gasteiger partial charge on any atom is -0.507 e. The summed E-state index contributed by atoms with van der Waals surface area (Å²) in [5, 5.41) is 31.6. The number of likely N-dealkylation sites (tertiary alicyclic amines) is 1. The van der Waals surface area contributed by atoms with E-state index in [0.29, 0.717) is 17.7 Å². The lowest BCUT2D eigenvalue weighted by atomic mass is 9.99. The number of nitrogens with zero attached hydrogens (tertiary/aromatic N) is 2. The molecule has 0 spiro atoms. The van der Waals surface area contributed by atoms with Crippen molar-refractivity contribution in [1.29, 1.82) is 0 Å². The van der Waals surface area contributed by atoms with E-state index in [4.69, 9.17) is 0 Å². The van der Waals surface area contributed by atoms with Crippen molar-refractivity contribution in [3.05, 3.63) is 52.1 Å². The highest BCUT2D eigenvalue weighted by Crippen LogP contribution is 2.41. The van der Waals surface area contributed by atoms with Crippen molar-refractivity contribution in [1.82, 2.24) is 4.90 Å². The maximum absolute atomic E-state index is 10.9. The molecule has 1 saturated heterocycles. The Hall–Kier alpha value is -2.60. The van der Waals surface area contributed by atoms with Gasteiger partial charge in [-0.05, 0) is 37.6 Å². The Balaban J connectivity index is 2.01. The molecule has 0 atom stereocenters. The Morgan fingerprint density at radius 3 is 2.57 bits per heavy atom. The van der Waals surface area contributed by atoms with Gasteiger partial charge in [0, 0.05) is 24.2 Å². The third kappa shape index (κ3) is 3.12. The number of nitro benzene ring substituents is 1. The minimum atomic E-state index is -0.494. The van der Waals surface area contributed by atoms with Gasteiger partial charge in [0.1, 0.15) is 11.5 Å². The van der Waals surface area contributed by atoms with Crippen molar-refractivity contribution in [2.24, 2.45) is 0 Å². The van der Waals surface area contributed by atoms with Gasteiger partial charge in [-0.15, -0.1) is 0 Å². The summed E-state index contributed by atoms with van der Waals surface area (Å²) < 4.78 is 0. The Morgan fingerprint density at radius 1 is 1.13 bits per heavy atom. The SMILES string of the molecule is O=[N+]([O-])c1cccc(-c2c(O)ccc(CN3CCCC3)c2O)c1. The van der Waals surface area contributed by atoms with E-state index < -0.39 is 4.92 Å². The molecule has 1 fully saturated rings. The molecule has 6 nitrogen and oxygen atoms in total. The van der Waals surface area contributed by atoms with Crippen LogP contribution in [0.2, 0.25) is 0 Å². The highest BCUT2D eigenvalue weighted by Gasteiger charge is 2.19. The van der Waals surface area contributed by atoms with E-state index in [9.17, 15) is 20.3 Å². The summed E-state index contributed by atoms with van der Waals surface area (Å²) in [6, 6.07) is 9.14. The van der Waals surface area contributed by atoms with Crippen molar-refractivity contribution in [2.45, 2.75) is 19.4 Å². The van der Waals surface area contributed by atoms with Crippen LogP contribution in [0.3, 0.4) is 0 Å². The molecule has 0 amide bonds. The highest BCUT2D eigenvalue weighted by atomic mass is 16.6. The van der Waals surface area contributed by atoms with Gasteiger partial charge in [0.2, 0.25) is 0 Å². The second-order valence-corrected chi connectivity index (χ2v) is 5.76. The van der Waals surface area contributed by atoms with Gasteiger partial charge in [-0.1, -0.05) is 18.2 Å². The molecule has 120 valence electrons. The van der Waals surface area contributed by atoms with Crippen LogP contribution < -0.4 is 0 Å². The quantitative estimate of drug-likeness (QED) is 0.668. The molecule has 3 rings (SSSR count). The molecule has 0 bridgehead atoms. The molecule has 2 N–H and O–H groups in total. The van der Waals surface area contributed by atoms with E-state index in [2.05, 4.69) is 4.90 Å². The topological polar surface area (TPSA) is 86.8 Å². The fraction of sp³-hybridized carbons (Fsp3) is 0.294. The molecular formula is C17H18N2O4. The molecule has 2 aromatic rings. The van der Waals surface area contributed by atoms with Gasteiger partial charge in [0.05, 0.1) is 10.5 Å². The number of non-ortho nitro benzene ring substituents is 1. The first-order valence-corrected chi connectivity index (χ1v) is 7.57. The van der Waals surface area contributed by atoms with Crippen molar-refractivity contribution in [3.8, 4) is 22.6 Å². The summed E-state index contributed by atoms with van der Waals surface area (Å²) in [6.45, 7) is 2.59. The first-order valence-electron chi connectivity index (χ1n) is 7.57. The predicted molar refractivity (Wildman–Crippen MR) is 86.4 cm³/mol. The third-order valence-corrected chi connectivity index (χ3v) is 4.18. The highest BCUT2D eigenvalue weighted by molar-refractivity contribution is 5.78. The fourth-order valence-corrected chi connectivity index (χ4v) is 2.99. The number of benzene rings is 2. The van der Waals surface area contributed by atoms with Crippen LogP contribution in [0.5, 0.6) is 11.5 Å². The standard InChI is InChI=1S/C17H18N2O4/c20-15-7-6-13(11-18-8-1-2-9-18)17(21)16(15)12-4-3-5-14(10-12)19(22)23/h3-7,10,20-21H,1-2,8-9,11H2. The Bertz CT molecular complexity index is 739. The molecule has 0 radical (unpaired) electrons. The first kappa shape index (κ1) is 15.3. The third-order valence-electron chi connectivity index (χ3n) is 4.18. The summed E-state index contributed by atoms with van der Waals surface area (Å²) in [6.07, 6.45) is 2.30. The lowest BCUT2D eigenvalue weighted by molar-refractivity contribution is -0.384. The molecule has 23 heavy (non-hydrogen) atoms. The predicted octanol–water partition coefficient (Wildman–Crippen LogP) is 3.27. The monoisotopic (exact) mass is 314 g/mol. The van der Waals surface area contributed by atoms with Crippen LogP contribution in [-0.2, 0) is 6.54 Å². The molecule has 1 aliphatic heterocycles. The molecular weight excluding hydrogens is 296 g/mol. The fourth-order valence-electron chi connectivity index (χ4n) is 2.99. The van der Waals surface area contributed by atoms with Crippen LogP contribution in [0.4, 0.5) is 5.69 Å². The Morgan fingerprint density at radius 2 is 1.87 bits per heavy atom. The van der Waals surface area contributed by atoms with Gasteiger partial charge in [0.15, 0.2) is 0 Å². The smallest absolute Gasteiger partial charge is 0.270 e. The summed E-state index contributed by atoms with van der Waals surface area (Å²) in [5.74, 6) is -0.106. The average Bonchev–Trinajstić information content (AvgIpc) is 3.04. The van der Waals surface area contributed by atoms with Crippen LogP contribution in [-0.4, -0.2) is 33.1 Å². The second kappa shape index (κ2) is 6.26. The number of phenolic OH excluding ortho intramolecular Hbond substituents is 2. The van der Waals surface area contributed by atoms with Gasteiger partial charge >= 0.3 is 0 Å². The maximum atomic E-state index is 10.9. The van der Waals surface area contributed by atoms with Gasteiger partial charge in [0.25, 0.3) is 5.69 Å². The van der Waals surface area contributed by atoms with E-state index in [1.54, 1.807) is 18.2 Å². The van der Waals surface area contributed by atoms with Crippen molar-refractivity contribution in [3.63, 3.8) is 0 Å². The minimum absolute atomic E-state index is 0.0163. The van der Waals surface area contributed by atoms with Crippen LogP contribution >= 0.6 is 0 Å².